The van der Waals surface area contributed by atoms with E-state index in [0.717, 1.165) is 11.4 Å². The number of thiophene rings is 1. The molecule has 0 aliphatic carbocycles. The maximum absolute atomic E-state index is 2.41. The fourth-order valence-electron chi connectivity index (χ4n) is 7.53. The van der Waals surface area contributed by atoms with E-state index >= 15 is 0 Å². The Kier molecular flexibility index (Phi) is 7.53. The van der Waals surface area contributed by atoms with Crippen molar-refractivity contribution in [2.45, 2.75) is 13.8 Å². The molecular weight excluding hydrogens is 623 g/mol. The number of fused-ring (bicyclic) bond motifs is 7. The maximum Gasteiger partial charge on any atom is 0.0594 e. The second-order valence-electron chi connectivity index (χ2n) is 12.9. The van der Waals surface area contributed by atoms with Gasteiger partial charge in [-0.15, -0.1) is 11.3 Å². The smallest absolute Gasteiger partial charge is 0.0594 e. The number of anilines is 2. The Balaban J connectivity index is 1.16. The molecule has 0 N–H and O–H groups in total. The van der Waals surface area contributed by atoms with Crippen LogP contribution in [-0.4, -0.2) is 0 Å². The van der Waals surface area contributed by atoms with Gasteiger partial charge in [-0.1, -0.05) is 140 Å². The molecule has 0 aliphatic rings. The lowest BCUT2D eigenvalue weighted by molar-refractivity contribution is 1.29. The minimum absolute atomic E-state index is 1.13. The summed E-state index contributed by atoms with van der Waals surface area (Å²) in [7, 11) is 0. The van der Waals surface area contributed by atoms with Crippen molar-refractivity contribution in [3.05, 3.63) is 186 Å². The van der Waals surface area contributed by atoms with Gasteiger partial charge < -0.3 is 4.90 Å². The van der Waals surface area contributed by atoms with Crippen molar-refractivity contribution in [1.82, 2.24) is 0 Å². The van der Waals surface area contributed by atoms with Gasteiger partial charge in [-0.25, -0.2) is 0 Å². The van der Waals surface area contributed by atoms with Crippen LogP contribution < -0.4 is 4.90 Å². The molecule has 1 nitrogen and oxygen atoms in total. The molecular formula is C48H35NS. The normalized spacial score (nSPS) is 11.9. The summed E-state index contributed by atoms with van der Waals surface area (Å²) in [5, 5.41) is 9.09. The highest BCUT2D eigenvalue weighted by Crippen LogP contribution is 2.43. The quantitative estimate of drug-likeness (QED) is 0.161. The lowest BCUT2D eigenvalue weighted by Crippen LogP contribution is -2.15. The van der Waals surface area contributed by atoms with Gasteiger partial charge in [0.05, 0.1) is 10.6 Å². The summed E-state index contributed by atoms with van der Waals surface area (Å²) < 4.78 is 1.31. The molecule has 2 heteroatoms. The molecule has 1 heterocycles. The highest BCUT2D eigenvalue weighted by atomic mass is 32.1. The Morgan fingerprint density at radius 1 is 0.440 bits per heavy atom. The third kappa shape index (κ3) is 5.08. The fraction of sp³-hybridized carbons (Fsp3) is 0.0417. The Labute approximate surface area is 297 Å². The van der Waals surface area contributed by atoms with Gasteiger partial charge in [0.1, 0.15) is 0 Å². The molecule has 0 spiro atoms. The summed E-state index contributed by atoms with van der Waals surface area (Å²) in [6.07, 6.45) is 2.26. The van der Waals surface area contributed by atoms with E-state index in [1.54, 1.807) is 0 Å². The van der Waals surface area contributed by atoms with Crippen molar-refractivity contribution in [3.8, 4) is 22.3 Å². The number of aryl methyl sites for hydroxylation is 1. The van der Waals surface area contributed by atoms with Crippen LogP contribution in [0.15, 0.2) is 176 Å². The van der Waals surface area contributed by atoms with Crippen LogP contribution in [0.3, 0.4) is 0 Å². The number of rotatable bonds is 6. The molecule has 0 fully saturated rings. The molecule has 0 unspecified atom stereocenters. The van der Waals surface area contributed by atoms with E-state index in [4.69, 9.17) is 0 Å². The predicted molar refractivity (Wildman–Crippen MR) is 219 cm³/mol. The van der Waals surface area contributed by atoms with Crippen molar-refractivity contribution < 1.29 is 0 Å². The van der Waals surface area contributed by atoms with Gasteiger partial charge in [0, 0.05) is 16.1 Å². The van der Waals surface area contributed by atoms with Crippen molar-refractivity contribution in [2.75, 3.05) is 4.90 Å². The van der Waals surface area contributed by atoms with E-state index in [9.17, 15) is 0 Å². The monoisotopic (exact) mass is 657 g/mol. The number of nitrogens with zero attached hydrogens (tertiary/aromatic N) is 1. The molecule has 8 aromatic carbocycles. The average molecular weight is 658 g/mol. The zero-order valence-corrected chi connectivity index (χ0v) is 28.9. The van der Waals surface area contributed by atoms with Crippen molar-refractivity contribution >= 4 is 70.8 Å². The predicted octanol–water partition coefficient (Wildman–Crippen LogP) is 14.2. The molecule has 0 bridgehead atoms. The van der Waals surface area contributed by atoms with Gasteiger partial charge in [0.2, 0.25) is 0 Å². The van der Waals surface area contributed by atoms with Crippen LogP contribution in [0, 0.1) is 6.92 Å². The minimum atomic E-state index is 1.13. The van der Waals surface area contributed by atoms with E-state index in [0.29, 0.717) is 0 Å². The topological polar surface area (TPSA) is 3.24 Å². The number of benzene rings is 8. The number of allylic oxidation sites excluding steroid dienone is 1. The van der Waals surface area contributed by atoms with Crippen LogP contribution in [0.5, 0.6) is 0 Å². The Morgan fingerprint density at radius 3 is 1.44 bits per heavy atom. The van der Waals surface area contributed by atoms with Crippen LogP contribution in [-0.2, 0) is 0 Å². The van der Waals surface area contributed by atoms with Gasteiger partial charge >= 0.3 is 0 Å². The zero-order chi connectivity index (χ0) is 33.6. The van der Waals surface area contributed by atoms with Crippen molar-refractivity contribution in [3.63, 3.8) is 0 Å². The molecule has 0 aliphatic heterocycles. The van der Waals surface area contributed by atoms with Crippen molar-refractivity contribution in [1.29, 1.82) is 0 Å². The van der Waals surface area contributed by atoms with Crippen molar-refractivity contribution in [2.24, 2.45) is 0 Å². The van der Waals surface area contributed by atoms with E-state index in [1.165, 1.54) is 80.8 Å². The highest BCUT2D eigenvalue weighted by molar-refractivity contribution is 7.20. The van der Waals surface area contributed by atoms with E-state index < -0.39 is 0 Å². The van der Waals surface area contributed by atoms with Crippen LogP contribution in [0.4, 0.5) is 11.4 Å². The number of hydrogen-bond acceptors (Lipinski definition) is 2. The van der Waals surface area contributed by atoms with Crippen LogP contribution >= 0.6 is 11.3 Å². The first kappa shape index (κ1) is 30.1. The highest BCUT2D eigenvalue weighted by Gasteiger charge is 2.21. The summed E-state index contributed by atoms with van der Waals surface area (Å²) in [6, 6.07) is 61.9. The fourth-order valence-corrected chi connectivity index (χ4v) is 8.81. The van der Waals surface area contributed by atoms with Crippen LogP contribution in [0.25, 0.3) is 70.4 Å². The van der Waals surface area contributed by atoms with Gasteiger partial charge in [0.15, 0.2) is 0 Å². The summed E-state index contributed by atoms with van der Waals surface area (Å²) >= 11 is 1.87. The third-order valence-electron chi connectivity index (χ3n) is 10.0. The van der Waals surface area contributed by atoms with E-state index in [2.05, 4.69) is 195 Å². The van der Waals surface area contributed by atoms with Gasteiger partial charge in [0.25, 0.3) is 0 Å². The van der Waals surface area contributed by atoms with Crippen LogP contribution in [0.1, 0.15) is 17.4 Å². The summed E-state index contributed by atoms with van der Waals surface area (Å²) in [6.45, 7) is 4.41. The Morgan fingerprint density at radius 2 is 0.880 bits per heavy atom. The zero-order valence-electron chi connectivity index (χ0n) is 28.1. The molecule has 1 aromatic heterocycles. The lowest BCUT2D eigenvalue weighted by atomic mass is 9.92. The van der Waals surface area contributed by atoms with Gasteiger partial charge in [-0.3, -0.25) is 0 Å². The summed E-state index contributed by atoms with van der Waals surface area (Å²) in [5.41, 5.74) is 9.61. The first-order valence-corrected chi connectivity index (χ1v) is 18.0. The summed E-state index contributed by atoms with van der Waals surface area (Å²) in [5.74, 6) is 0. The molecule has 238 valence electrons. The summed E-state index contributed by atoms with van der Waals surface area (Å²) in [4.78, 5) is 3.70. The van der Waals surface area contributed by atoms with Gasteiger partial charge in [-0.2, -0.15) is 0 Å². The van der Waals surface area contributed by atoms with E-state index in [1.807, 2.05) is 11.3 Å². The molecule has 0 radical (unpaired) electrons. The molecule has 0 saturated heterocycles. The lowest BCUT2D eigenvalue weighted by Gasteiger charge is -2.28. The second kappa shape index (κ2) is 12.5. The Hall–Kier alpha value is -5.96. The molecule has 0 atom stereocenters. The molecule has 50 heavy (non-hydrogen) atoms. The second-order valence-corrected chi connectivity index (χ2v) is 13.9. The third-order valence-corrected chi connectivity index (χ3v) is 11.3. The average Bonchev–Trinajstić information content (AvgIpc) is 3.53. The number of hydrogen-bond donors (Lipinski definition) is 0. The SMILES string of the molecule is C/C=C(\c1sc2ccccc2c1C)N(c1ccc(-c2ccccc2)cc1)c1ccc(-c2ccc3c4ccccc4c4ccccc4c3c2)cc1. The standard InChI is InChI=1S/C48H35NS/c1-3-46(48-32(2)39-15-11-12-20-47(39)50-48)49(37-26-21-34(22-27-37)33-13-5-4-6-14-33)38-28-23-35(24-29-38)36-25-30-44-42-18-8-7-16-40(42)41-17-9-10-19-43(41)45(44)31-36/h3-31H,1-2H3/b46-3+. The minimum Gasteiger partial charge on any atom is -0.309 e. The Bertz CT molecular complexity index is 2660. The first-order valence-electron chi connectivity index (χ1n) is 17.2. The van der Waals surface area contributed by atoms with E-state index in [-0.39, 0.29) is 0 Å². The molecule has 0 saturated carbocycles. The van der Waals surface area contributed by atoms with Gasteiger partial charge in [-0.05, 0) is 116 Å². The molecule has 9 rings (SSSR count). The maximum atomic E-state index is 2.41. The first-order chi connectivity index (χ1) is 24.7. The molecule has 0 amide bonds. The van der Waals surface area contributed by atoms with Crippen LogP contribution in [0.2, 0.25) is 0 Å². The molecule has 9 aromatic rings. The largest absolute Gasteiger partial charge is 0.309 e.